The van der Waals surface area contributed by atoms with Crippen molar-refractivity contribution in [3.8, 4) is 5.69 Å². The molecule has 0 unspecified atom stereocenters. The van der Waals surface area contributed by atoms with Crippen molar-refractivity contribution in [2.75, 3.05) is 31.5 Å². The Labute approximate surface area is 236 Å². The summed E-state index contributed by atoms with van der Waals surface area (Å²) < 4.78 is 1.46. The average molecular weight is 553 g/mol. The topological polar surface area (TPSA) is 143 Å². The van der Waals surface area contributed by atoms with Gasteiger partial charge in [-0.2, -0.15) is 4.98 Å². The highest BCUT2D eigenvalue weighted by Crippen LogP contribution is 2.24. The van der Waals surface area contributed by atoms with Gasteiger partial charge >= 0.3 is 11.7 Å². The number of piperazine rings is 1. The van der Waals surface area contributed by atoms with Crippen LogP contribution in [0.5, 0.6) is 0 Å². The van der Waals surface area contributed by atoms with Crippen LogP contribution in [-0.2, 0) is 11.3 Å². The second kappa shape index (κ2) is 12.5. The summed E-state index contributed by atoms with van der Waals surface area (Å²) in [6.45, 7) is 10.4. The highest BCUT2D eigenvalue weighted by Gasteiger charge is 2.34. The fourth-order valence-electron chi connectivity index (χ4n) is 5.66. The first-order valence-electron chi connectivity index (χ1n) is 14.3. The van der Waals surface area contributed by atoms with Crippen LogP contribution >= 0.6 is 0 Å². The van der Waals surface area contributed by atoms with Gasteiger partial charge in [0.1, 0.15) is 5.82 Å². The minimum Gasteiger partial charge on any atom is -0.337 e. The molecule has 1 saturated carbocycles. The van der Waals surface area contributed by atoms with Crippen LogP contribution in [0.15, 0.2) is 41.3 Å². The number of rotatable bonds is 7. The molecule has 11 nitrogen and oxygen atoms in total. The van der Waals surface area contributed by atoms with Crippen molar-refractivity contribution in [2.24, 2.45) is 11.5 Å². The zero-order chi connectivity index (χ0) is 29.0. The highest BCUT2D eigenvalue weighted by atomic mass is 16.2. The zero-order valence-corrected chi connectivity index (χ0v) is 24.2. The number of carbonyl (C=O) groups is 2. The molecular weight excluding hydrogens is 508 g/mol. The van der Waals surface area contributed by atoms with E-state index >= 15 is 0 Å². The Balaban J connectivity index is 1.35. The van der Waals surface area contributed by atoms with Gasteiger partial charge in [0.05, 0.1) is 11.2 Å². The summed E-state index contributed by atoms with van der Waals surface area (Å²) >= 11 is 0. The number of urea groups is 1. The molecule has 40 heavy (non-hydrogen) atoms. The number of anilines is 1. The number of amides is 3. The molecule has 2 heterocycles. The van der Waals surface area contributed by atoms with Gasteiger partial charge in [0.25, 0.3) is 0 Å². The average Bonchev–Trinajstić information content (AvgIpc) is 2.92. The molecule has 0 radical (unpaired) electrons. The first-order valence-corrected chi connectivity index (χ1v) is 14.3. The summed E-state index contributed by atoms with van der Waals surface area (Å²) in [4.78, 5) is 48.2. The Morgan fingerprint density at radius 2 is 1.77 bits per heavy atom. The van der Waals surface area contributed by atoms with Crippen molar-refractivity contribution >= 4 is 17.8 Å². The number of hydrogen-bond acceptors (Lipinski definition) is 7. The molecule has 3 amide bonds. The molecule has 2 fully saturated rings. The number of nitrogens with one attached hydrogen (secondary N) is 1. The predicted octanol–water partition coefficient (Wildman–Crippen LogP) is 2.13. The van der Waals surface area contributed by atoms with Crippen molar-refractivity contribution in [3.63, 3.8) is 0 Å². The van der Waals surface area contributed by atoms with E-state index < -0.39 is 11.2 Å². The first kappa shape index (κ1) is 29.7. The van der Waals surface area contributed by atoms with Crippen molar-refractivity contribution < 1.29 is 9.59 Å². The van der Waals surface area contributed by atoms with Crippen molar-refractivity contribution in [1.82, 2.24) is 24.3 Å². The van der Waals surface area contributed by atoms with Crippen LogP contribution in [0, 0.1) is 0 Å². The van der Waals surface area contributed by atoms with Crippen molar-refractivity contribution in [2.45, 2.75) is 83.6 Å². The molecule has 1 aromatic carbocycles. The van der Waals surface area contributed by atoms with Crippen LogP contribution in [0.4, 0.5) is 10.6 Å². The number of carbonyl (C=O) groups excluding carboxylic acids is 2. The van der Waals surface area contributed by atoms with Gasteiger partial charge in [-0.1, -0.05) is 19.1 Å². The number of aromatic nitrogens is 2. The standard InChI is InChI=1S/C29H44N8O3/c1-5-34(23-12-8-22(30)9-13-23)19-21-6-10-24(11-7-21)37-15-14-25(33-28(37)40)32-27(39)36-17-16-35(18-20(36)2)26(38)29(3,4)31/h6-7,10-11,14-15,20,22-23H,5,8-9,12-13,16-19,30-31H2,1-4H3,(H,32,33,39,40)/t20-,22?,23?/m1/s1. The molecular formula is C29H44N8O3. The van der Waals surface area contributed by atoms with Crippen LogP contribution in [0.25, 0.3) is 5.69 Å². The molecule has 1 saturated heterocycles. The van der Waals surface area contributed by atoms with E-state index in [9.17, 15) is 14.4 Å². The fourth-order valence-corrected chi connectivity index (χ4v) is 5.66. The summed E-state index contributed by atoms with van der Waals surface area (Å²) in [5, 5.41) is 2.73. The van der Waals surface area contributed by atoms with Gasteiger partial charge < -0.3 is 21.3 Å². The van der Waals surface area contributed by atoms with Gasteiger partial charge in [0, 0.05) is 50.5 Å². The lowest BCUT2D eigenvalue weighted by molar-refractivity contribution is -0.138. The summed E-state index contributed by atoms with van der Waals surface area (Å²) in [5.74, 6) is 0.0392. The van der Waals surface area contributed by atoms with Gasteiger partial charge in [-0.25, -0.2) is 9.59 Å². The molecule has 1 atom stereocenters. The Bertz CT molecular complexity index is 1230. The maximum atomic E-state index is 12.9. The summed E-state index contributed by atoms with van der Waals surface area (Å²) in [6, 6.07) is 9.88. The SMILES string of the molecule is CCN(Cc1ccc(-n2ccc(NC(=O)N3CCN(C(=O)C(C)(C)N)C[C@H]3C)nc2=O)cc1)C1CCC(N)CC1. The number of nitrogens with zero attached hydrogens (tertiary/aromatic N) is 5. The van der Waals surface area contributed by atoms with Crippen LogP contribution in [0.1, 0.15) is 58.9 Å². The number of benzene rings is 1. The number of nitrogens with two attached hydrogens (primary N) is 2. The molecule has 2 aliphatic rings. The van der Waals surface area contributed by atoms with Crippen LogP contribution in [0.3, 0.4) is 0 Å². The molecule has 2 aromatic rings. The predicted molar refractivity (Wildman–Crippen MR) is 156 cm³/mol. The van der Waals surface area contributed by atoms with Gasteiger partial charge in [-0.3, -0.25) is 19.6 Å². The van der Waals surface area contributed by atoms with Crippen LogP contribution in [0.2, 0.25) is 0 Å². The van der Waals surface area contributed by atoms with E-state index in [0.717, 1.165) is 38.8 Å². The summed E-state index contributed by atoms with van der Waals surface area (Å²) in [5.41, 5.74) is 12.5. The lowest BCUT2D eigenvalue weighted by atomic mass is 9.90. The molecule has 11 heteroatoms. The Hall–Kier alpha value is -3.28. The van der Waals surface area contributed by atoms with Gasteiger partial charge in [-0.15, -0.1) is 0 Å². The van der Waals surface area contributed by atoms with E-state index in [1.807, 2.05) is 31.2 Å². The van der Waals surface area contributed by atoms with E-state index in [0.29, 0.717) is 37.4 Å². The zero-order valence-electron chi connectivity index (χ0n) is 24.2. The number of hydrogen-bond donors (Lipinski definition) is 3. The van der Waals surface area contributed by atoms with Crippen LogP contribution < -0.4 is 22.5 Å². The molecule has 1 aliphatic heterocycles. The minimum absolute atomic E-state index is 0.144. The third-order valence-electron chi connectivity index (χ3n) is 8.03. The molecule has 4 rings (SSSR count). The quantitative estimate of drug-likeness (QED) is 0.477. The molecule has 1 aromatic heterocycles. The van der Waals surface area contributed by atoms with Gasteiger partial charge in [0.15, 0.2) is 0 Å². The van der Waals surface area contributed by atoms with Gasteiger partial charge in [0.2, 0.25) is 5.91 Å². The third-order valence-corrected chi connectivity index (χ3v) is 8.03. The Morgan fingerprint density at radius 3 is 2.35 bits per heavy atom. The lowest BCUT2D eigenvalue weighted by Crippen LogP contribution is -2.61. The Kier molecular flexibility index (Phi) is 9.27. The van der Waals surface area contributed by atoms with Crippen LogP contribution in [-0.4, -0.2) is 86.0 Å². The molecule has 5 N–H and O–H groups in total. The molecule has 0 spiro atoms. The monoisotopic (exact) mass is 552 g/mol. The maximum Gasteiger partial charge on any atom is 0.354 e. The van der Waals surface area contributed by atoms with Crippen molar-refractivity contribution in [3.05, 3.63) is 52.6 Å². The summed E-state index contributed by atoms with van der Waals surface area (Å²) in [6.07, 6.45) is 6.05. The first-order chi connectivity index (χ1) is 19.0. The minimum atomic E-state index is -0.960. The van der Waals surface area contributed by atoms with E-state index in [2.05, 4.69) is 22.1 Å². The lowest BCUT2D eigenvalue weighted by Gasteiger charge is -2.41. The molecule has 218 valence electrons. The van der Waals surface area contributed by atoms with E-state index in [1.165, 1.54) is 10.1 Å². The second-order valence-corrected chi connectivity index (χ2v) is 11.7. The Morgan fingerprint density at radius 1 is 1.10 bits per heavy atom. The summed E-state index contributed by atoms with van der Waals surface area (Å²) in [7, 11) is 0. The highest BCUT2D eigenvalue weighted by molar-refractivity contribution is 5.89. The largest absolute Gasteiger partial charge is 0.354 e. The molecule has 0 bridgehead atoms. The normalized spacial score (nSPS) is 21.9. The van der Waals surface area contributed by atoms with Crippen molar-refractivity contribution in [1.29, 1.82) is 0 Å². The van der Waals surface area contributed by atoms with Gasteiger partial charge in [-0.05, 0) is 76.8 Å². The second-order valence-electron chi connectivity index (χ2n) is 11.7. The smallest absolute Gasteiger partial charge is 0.337 e. The third kappa shape index (κ3) is 7.07. The van der Waals surface area contributed by atoms with E-state index in [4.69, 9.17) is 11.5 Å². The van der Waals surface area contributed by atoms with E-state index in [-0.39, 0.29) is 23.8 Å². The van der Waals surface area contributed by atoms with E-state index in [1.54, 1.807) is 35.9 Å². The maximum absolute atomic E-state index is 12.9. The molecule has 1 aliphatic carbocycles. The fraction of sp³-hybridized carbons (Fsp3) is 0.586.